The Labute approximate surface area is 114 Å². The topological polar surface area (TPSA) is 78.5 Å². The van der Waals surface area contributed by atoms with Crippen LogP contribution >= 0.6 is 0 Å². The van der Waals surface area contributed by atoms with Crippen molar-refractivity contribution in [3.8, 4) is 0 Å². The number of nitrogens with zero attached hydrogens (tertiary/aromatic N) is 6. The second-order valence-corrected chi connectivity index (χ2v) is 4.44. The number of hydrogen-bond acceptors (Lipinski definition) is 5. The Balaban J connectivity index is 2.15. The van der Waals surface area contributed by atoms with Gasteiger partial charge in [0.05, 0.1) is 17.9 Å². The van der Waals surface area contributed by atoms with Gasteiger partial charge >= 0.3 is 0 Å². The number of aromatic nitrogens is 6. The van der Waals surface area contributed by atoms with E-state index in [0.717, 1.165) is 5.82 Å². The van der Waals surface area contributed by atoms with E-state index in [1.54, 1.807) is 23.0 Å². The first-order chi connectivity index (χ1) is 9.72. The zero-order valence-electron chi connectivity index (χ0n) is 11.3. The quantitative estimate of drug-likeness (QED) is 0.709. The summed E-state index contributed by atoms with van der Waals surface area (Å²) in [5.41, 5.74) is 0.788. The average Bonchev–Trinajstić information content (AvgIpc) is 2.96. The molecule has 0 amide bonds. The first kappa shape index (κ1) is 12.5. The summed E-state index contributed by atoms with van der Waals surface area (Å²) in [7, 11) is 0. The van der Waals surface area contributed by atoms with Gasteiger partial charge in [-0.2, -0.15) is 5.10 Å². The van der Waals surface area contributed by atoms with E-state index >= 15 is 0 Å². The lowest BCUT2D eigenvalue weighted by Crippen LogP contribution is -2.27. The Kier molecular flexibility index (Phi) is 3.02. The van der Waals surface area contributed by atoms with Crippen LogP contribution in [0.1, 0.15) is 25.7 Å². The molecule has 0 saturated heterocycles. The molecule has 0 aliphatic rings. The molecule has 1 atom stereocenters. The Morgan fingerprint density at radius 3 is 2.95 bits per heavy atom. The molecular weight excluding hydrogens is 256 g/mol. The molecule has 0 bridgehead atoms. The monoisotopic (exact) mass is 270 g/mol. The predicted octanol–water partition coefficient (Wildman–Crippen LogP) is 1.01. The van der Waals surface area contributed by atoms with Crippen LogP contribution in [-0.2, 0) is 6.54 Å². The molecule has 0 saturated carbocycles. The Morgan fingerprint density at radius 2 is 2.15 bits per heavy atom. The highest BCUT2D eigenvalue weighted by Crippen LogP contribution is 2.13. The Morgan fingerprint density at radius 1 is 1.30 bits per heavy atom. The van der Waals surface area contributed by atoms with Gasteiger partial charge in [0.25, 0.3) is 5.56 Å². The summed E-state index contributed by atoms with van der Waals surface area (Å²) in [6, 6.07) is 3.28. The van der Waals surface area contributed by atoms with Crippen LogP contribution in [0.5, 0.6) is 0 Å². The number of fused-ring (bicyclic) bond motifs is 1. The van der Waals surface area contributed by atoms with E-state index in [4.69, 9.17) is 0 Å². The molecule has 7 heteroatoms. The molecule has 7 nitrogen and oxygen atoms in total. The highest BCUT2D eigenvalue weighted by atomic mass is 16.1. The molecule has 3 aromatic rings. The van der Waals surface area contributed by atoms with Crippen molar-refractivity contribution in [2.24, 2.45) is 0 Å². The number of hydrogen-bond donors (Lipinski definition) is 0. The lowest BCUT2D eigenvalue weighted by molar-refractivity contribution is 0.513. The van der Waals surface area contributed by atoms with Crippen LogP contribution in [-0.4, -0.2) is 29.3 Å². The maximum absolute atomic E-state index is 12.5. The normalized spacial score (nSPS) is 12.7. The second-order valence-electron chi connectivity index (χ2n) is 4.44. The summed E-state index contributed by atoms with van der Waals surface area (Å²) < 4.78 is 3.30. The van der Waals surface area contributed by atoms with Crippen molar-refractivity contribution in [1.82, 2.24) is 29.3 Å². The van der Waals surface area contributed by atoms with Crippen LogP contribution in [0.25, 0.3) is 11.0 Å². The molecule has 0 radical (unpaired) electrons. The summed E-state index contributed by atoms with van der Waals surface area (Å²) in [4.78, 5) is 25.1. The summed E-state index contributed by atoms with van der Waals surface area (Å²) in [5, 5.41) is 4.13. The molecule has 0 unspecified atom stereocenters. The third kappa shape index (κ3) is 1.87. The van der Waals surface area contributed by atoms with E-state index in [2.05, 4.69) is 20.1 Å². The third-order valence-electron chi connectivity index (χ3n) is 3.28. The van der Waals surface area contributed by atoms with Crippen LogP contribution in [0.4, 0.5) is 0 Å². The van der Waals surface area contributed by atoms with E-state index < -0.39 is 0 Å². The smallest absolute Gasteiger partial charge is 0.280 e. The Hall–Kier alpha value is -2.57. The highest BCUT2D eigenvalue weighted by Gasteiger charge is 2.17. The van der Waals surface area contributed by atoms with Crippen molar-refractivity contribution in [1.29, 1.82) is 0 Å². The van der Waals surface area contributed by atoms with Crippen molar-refractivity contribution in [3.63, 3.8) is 0 Å². The van der Waals surface area contributed by atoms with Gasteiger partial charge < -0.3 is 0 Å². The minimum Gasteiger partial charge on any atom is -0.287 e. The van der Waals surface area contributed by atoms with Gasteiger partial charge in [-0.05, 0) is 26.0 Å². The average molecular weight is 270 g/mol. The van der Waals surface area contributed by atoms with Gasteiger partial charge in [0, 0.05) is 12.7 Å². The van der Waals surface area contributed by atoms with Crippen molar-refractivity contribution in [2.75, 3.05) is 0 Å². The molecular formula is C13H14N6O. The number of rotatable bonds is 3. The van der Waals surface area contributed by atoms with Crippen LogP contribution in [0, 0.1) is 0 Å². The molecule has 0 spiro atoms. The lowest BCUT2D eigenvalue weighted by Gasteiger charge is -2.14. The summed E-state index contributed by atoms with van der Waals surface area (Å²) in [6.45, 7) is 4.58. The second kappa shape index (κ2) is 4.84. The summed E-state index contributed by atoms with van der Waals surface area (Å²) >= 11 is 0. The fourth-order valence-electron chi connectivity index (χ4n) is 2.21. The van der Waals surface area contributed by atoms with Gasteiger partial charge in [-0.25, -0.2) is 19.6 Å². The van der Waals surface area contributed by atoms with E-state index in [0.29, 0.717) is 17.6 Å². The Bertz CT molecular complexity index is 806. The van der Waals surface area contributed by atoms with Gasteiger partial charge in [-0.15, -0.1) is 0 Å². The standard InChI is InChI=1S/C13H14N6O/c1-3-19-12(15-7-17-19)9(2)18-8-16-10-5-4-6-14-11(10)13(18)20/h4-9H,3H2,1-2H3/t9-/m0/s1. The zero-order valence-corrected chi connectivity index (χ0v) is 11.3. The molecule has 3 aromatic heterocycles. The molecule has 0 aliphatic heterocycles. The van der Waals surface area contributed by atoms with E-state index in [1.165, 1.54) is 17.2 Å². The van der Waals surface area contributed by atoms with Gasteiger partial charge in [0.15, 0.2) is 5.52 Å². The maximum atomic E-state index is 12.5. The van der Waals surface area contributed by atoms with Crippen molar-refractivity contribution in [2.45, 2.75) is 26.4 Å². The van der Waals surface area contributed by atoms with Gasteiger partial charge in [0.2, 0.25) is 0 Å². The highest BCUT2D eigenvalue weighted by molar-refractivity contribution is 5.71. The van der Waals surface area contributed by atoms with Crippen LogP contribution in [0.2, 0.25) is 0 Å². The predicted molar refractivity (Wildman–Crippen MR) is 73.3 cm³/mol. The molecule has 102 valence electrons. The molecule has 0 aromatic carbocycles. The van der Waals surface area contributed by atoms with Crippen LogP contribution in [0.3, 0.4) is 0 Å². The van der Waals surface area contributed by atoms with Crippen molar-refractivity contribution < 1.29 is 0 Å². The SMILES string of the molecule is CCn1ncnc1[C@H](C)n1cnc2cccnc2c1=O. The molecule has 0 aliphatic carbocycles. The maximum Gasteiger partial charge on any atom is 0.280 e. The van der Waals surface area contributed by atoms with Crippen molar-refractivity contribution >= 4 is 11.0 Å². The fourth-order valence-corrected chi connectivity index (χ4v) is 2.21. The van der Waals surface area contributed by atoms with E-state index in [-0.39, 0.29) is 11.6 Å². The minimum atomic E-state index is -0.246. The number of pyridine rings is 1. The largest absolute Gasteiger partial charge is 0.287 e. The molecule has 0 fully saturated rings. The minimum absolute atomic E-state index is 0.172. The summed E-state index contributed by atoms with van der Waals surface area (Å²) in [6.07, 6.45) is 4.62. The fraction of sp³-hybridized carbons (Fsp3) is 0.308. The molecule has 3 rings (SSSR count). The third-order valence-corrected chi connectivity index (χ3v) is 3.28. The first-order valence-electron chi connectivity index (χ1n) is 6.42. The van der Waals surface area contributed by atoms with Gasteiger partial charge in [-0.3, -0.25) is 9.36 Å². The van der Waals surface area contributed by atoms with Crippen molar-refractivity contribution in [3.05, 3.63) is 47.2 Å². The lowest BCUT2D eigenvalue weighted by atomic mass is 10.3. The number of aryl methyl sites for hydroxylation is 1. The van der Waals surface area contributed by atoms with E-state index in [9.17, 15) is 4.79 Å². The summed E-state index contributed by atoms with van der Waals surface area (Å²) in [5.74, 6) is 0.728. The molecule has 20 heavy (non-hydrogen) atoms. The van der Waals surface area contributed by atoms with Gasteiger partial charge in [-0.1, -0.05) is 0 Å². The van der Waals surface area contributed by atoms with Crippen LogP contribution in [0.15, 0.2) is 35.8 Å². The van der Waals surface area contributed by atoms with Crippen LogP contribution < -0.4 is 5.56 Å². The first-order valence-corrected chi connectivity index (χ1v) is 6.42. The molecule has 0 N–H and O–H groups in total. The molecule has 3 heterocycles. The van der Waals surface area contributed by atoms with E-state index in [1.807, 2.05) is 13.8 Å². The zero-order chi connectivity index (χ0) is 14.1. The van der Waals surface area contributed by atoms with Gasteiger partial charge in [0.1, 0.15) is 12.2 Å².